The van der Waals surface area contributed by atoms with Crippen LogP contribution in [0.1, 0.15) is 63.3 Å². The minimum atomic E-state index is 0.594. The van der Waals surface area contributed by atoms with Crippen LogP contribution < -0.4 is 5.32 Å². The summed E-state index contributed by atoms with van der Waals surface area (Å²) in [5.74, 6) is 0. The van der Waals surface area contributed by atoms with Gasteiger partial charge in [-0.05, 0) is 30.8 Å². The van der Waals surface area contributed by atoms with Gasteiger partial charge in [0.15, 0.2) is 0 Å². The average molecular weight is 239 g/mol. The van der Waals surface area contributed by atoms with E-state index in [4.69, 9.17) is 0 Å². The lowest BCUT2D eigenvalue weighted by molar-refractivity contribution is 0.476. The summed E-state index contributed by atoms with van der Waals surface area (Å²) in [4.78, 5) is 1.50. The van der Waals surface area contributed by atoms with Crippen molar-refractivity contribution >= 4 is 11.3 Å². The number of hydrogen-bond donors (Lipinski definition) is 1. The minimum Gasteiger partial charge on any atom is -0.309 e. The first-order chi connectivity index (χ1) is 7.88. The Bertz CT molecular complexity index is 243. The van der Waals surface area contributed by atoms with Crippen molar-refractivity contribution in [2.24, 2.45) is 0 Å². The van der Waals surface area contributed by atoms with Gasteiger partial charge in [-0.3, -0.25) is 0 Å². The minimum absolute atomic E-state index is 0.594. The number of thiophene rings is 1. The molecule has 0 amide bonds. The Kier molecular flexibility index (Phi) is 7.52. The van der Waals surface area contributed by atoms with Crippen LogP contribution in [-0.4, -0.2) is 6.54 Å². The SMILES string of the molecule is CCCCCCC(NCCC)c1cccs1. The van der Waals surface area contributed by atoms with Gasteiger partial charge < -0.3 is 5.32 Å². The molecule has 0 aliphatic heterocycles. The Morgan fingerprint density at radius 2 is 2.06 bits per heavy atom. The second-order valence-corrected chi connectivity index (χ2v) is 5.35. The molecule has 1 unspecified atom stereocenters. The van der Waals surface area contributed by atoms with Gasteiger partial charge in [0.2, 0.25) is 0 Å². The fraction of sp³-hybridized carbons (Fsp3) is 0.714. The van der Waals surface area contributed by atoms with E-state index in [1.165, 1.54) is 43.4 Å². The Balaban J connectivity index is 2.32. The van der Waals surface area contributed by atoms with Crippen LogP contribution in [0, 0.1) is 0 Å². The summed E-state index contributed by atoms with van der Waals surface area (Å²) in [6.45, 7) is 5.64. The predicted octanol–water partition coefficient (Wildman–Crippen LogP) is 4.76. The van der Waals surface area contributed by atoms with Gasteiger partial charge >= 0.3 is 0 Å². The zero-order chi connectivity index (χ0) is 11.6. The van der Waals surface area contributed by atoms with Crippen LogP contribution in [0.2, 0.25) is 0 Å². The molecule has 1 nitrogen and oxygen atoms in total. The van der Waals surface area contributed by atoms with Crippen LogP contribution in [0.5, 0.6) is 0 Å². The van der Waals surface area contributed by atoms with Gasteiger partial charge in [-0.25, -0.2) is 0 Å². The summed E-state index contributed by atoms with van der Waals surface area (Å²) < 4.78 is 0. The third-order valence-electron chi connectivity index (χ3n) is 2.87. The molecule has 92 valence electrons. The normalized spacial score (nSPS) is 12.9. The lowest BCUT2D eigenvalue weighted by Crippen LogP contribution is -2.21. The number of unbranched alkanes of at least 4 members (excludes halogenated alkanes) is 3. The summed E-state index contributed by atoms with van der Waals surface area (Å²) in [6, 6.07) is 5.02. The maximum atomic E-state index is 3.66. The van der Waals surface area contributed by atoms with Crippen molar-refractivity contribution in [3.8, 4) is 0 Å². The van der Waals surface area contributed by atoms with Crippen LogP contribution >= 0.6 is 11.3 Å². The Labute approximate surface area is 104 Å². The predicted molar refractivity (Wildman–Crippen MR) is 74.1 cm³/mol. The van der Waals surface area contributed by atoms with Crippen molar-refractivity contribution in [1.29, 1.82) is 0 Å². The van der Waals surface area contributed by atoms with Crippen LogP contribution in [0.4, 0.5) is 0 Å². The highest BCUT2D eigenvalue weighted by Gasteiger charge is 2.10. The quantitative estimate of drug-likeness (QED) is 0.613. The van der Waals surface area contributed by atoms with Crippen LogP contribution in [-0.2, 0) is 0 Å². The molecule has 0 fully saturated rings. The van der Waals surface area contributed by atoms with E-state index in [1.54, 1.807) is 0 Å². The number of hydrogen-bond acceptors (Lipinski definition) is 2. The van der Waals surface area contributed by atoms with E-state index in [2.05, 4.69) is 36.7 Å². The average Bonchev–Trinajstić information content (AvgIpc) is 2.82. The van der Waals surface area contributed by atoms with Gasteiger partial charge in [-0.2, -0.15) is 0 Å². The van der Waals surface area contributed by atoms with E-state index >= 15 is 0 Å². The third kappa shape index (κ3) is 5.13. The van der Waals surface area contributed by atoms with Crippen molar-refractivity contribution in [3.05, 3.63) is 22.4 Å². The van der Waals surface area contributed by atoms with Gasteiger partial charge in [0, 0.05) is 10.9 Å². The first kappa shape index (κ1) is 13.7. The lowest BCUT2D eigenvalue weighted by atomic mass is 10.1. The van der Waals surface area contributed by atoms with Crippen molar-refractivity contribution in [2.45, 2.75) is 58.4 Å². The molecule has 1 atom stereocenters. The van der Waals surface area contributed by atoms with E-state index in [0.29, 0.717) is 6.04 Å². The molecule has 0 saturated heterocycles. The Morgan fingerprint density at radius 3 is 2.69 bits per heavy atom. The second kappa shape index (κ2) is 8.77. The van der Waals surface area contributed by atoms with Gasteiger partial charge in [0.1, 0.15) is 0 Å². The molecule has 0 aliphatic rings. The van der Waals surface area contributed by atoms with E-state index < -0.39 is 0 Å². The van der Waals surface area contributed by atoms with E-state index in [0.717, 1.165) is 6.54 Å². The lowest BCUT2D eigenvalue weighted by Gasteiger charge is -2.16. The molecule has 1 N–H and O–H groups in total. The second-order valence-electron chi connectivity index (χ2n) is 4.37. The van der Waals surface area contributed by atoms with E-state index in [-0.39, 0.29) is 0 Å². The highest BCUT2D eigenvalue weighted by molar-refractivity contribution is 7.10. The number of nitrogens with one attached hydrogen (secondary N) is 1. The Hall–Kier alpha value is -0.340. The van der Waals surface area contributed by atoms with Gasteiger partial charge in [-0.1, -0.05) is 45.6 Å². The van der Waals surface area contributed by atoms with Crippen LogP contribution in [0.15, 0.2) is 17.5 Å². The fourth-order valence-electron chi connectivity index (χ4n) is 1.93. The molecule has 16 heavy (non-hydrogen) atoms. The largest absolute Gasteiger partial charge is 0.309 e. The maximum absolute atomic E-state index is 3.66. The number of rotatable bonds is 9. The van der Waals surface area contributed by atoms with Crippen LogP contribution in [0.25, 0.3) is 0 Å². The van der Waals surface area contributed by atoms with Crippen molar-refractivity contribution < 1.29 is 0 Å². The molecule has 0 radical (unpaired) electrons. The zero-order valence-corrected chi connectivity index (χ0v) is 11.5. The Morgan fingerprint density at radius 1 is 1.19 bits per heavy atom. The molecule has 0 aliphatic carbocycles. The molecule has 2 heteroatoms. The smallest absolute Gasteiger partial charge is 0.0414 e. The fourth-order valence-corrected chi connectivity index (χ4v) is 2.77. The summed E-state index contributed by atoms with van der Waals surface area (Å²) in [6.07, 6.45) is 7.95. The summed E-state index contributed by atoms with van der Waals surface area (Å²) in [5.41, 5.74) is 0. The molecular weight excluding hydrogens is 214 g/mol. The summed E-state index contributed by atoms with van der Waals surface area (Å²) in [5, 5.41) is 5.84. The third-order valence-corrected chi connectivity index (χ3v) is 3.86. The highest BCUT2D eigenvalue weighted by atomic mass is 32.1. The van der Waals surface area contributed by atoms with Crippen molar-refractivity contribution in [3.63, 3.8) is 0 Å². The van der Waals surface area contributed by atoms with Crippen molar-refractivity contribution in [1.82, 2.24) is 5.32 Å². The molecule has 1 rings (SSSR count). The summed E-state index contributed by atoms with van der Waals surface area (Å²) >= 11 is 1.88. The van der Waals surface area contributed by atoms with E-state index in [1.807, 2.05) is 11.3 Å². The monoisotopic (exact) mass is 239 g/mol. The van der Waals surface area contributed by atoms with E-state index in [9.17, 15) is 0 Å². The van der Waals surface area contributed by atoms with Gasteiger partial charge in [0.05, 0.1) is 0 Å². The molecular formula is C14H25NS. The molecule has 1 aromatic rings. The van der Waals surface area contributed by atoms with Gasteiger partial charge in [0.25, 0.3) is 0 Å². The van der Waals surface area contributed by atoms with Gasteiger partial charge in [-0.15, -0.1) is 11.3 Å². The summed E-state index contributed by atoms with van der Waals surface area (Å²) in [7, 11) is 0. The maximum Gasteiger partial charge on any atom is 0.0414 e. The first-order valence-corrected chi connectivity index (χ1v) is 7.53. The topological polar surface area (TPSA) is 12.0 Å². The first-order valence-electron chi connectivity index (χ1n) is 6.65. The molecule has 1 heterocycles. The van der Waals surface area contributed by atoms with Crippen molar-refractivity contribution in [2.75, 3.05) is 6.54 Å². The zero-order valence-electron chi connectivity index (χ0n) is 10.7. The highest BCUT2D eigenvalue weighted by Crippen LogP contribution is 2.24. The van der Waals surface area contributed by atoms with Crippen LogP contribution in [0.3, 0.4) is 0 Å². The molecule has 0 bridgehead atoms. The molecule has 1 aromatic heterocycles. The standard InChI is InChI=1S/C14H25NS/c1-3-5-6-7-9-13(15-11-4-2)14-10-8-12-16-14/h8,10,12-13,15H,3-7,9,11H2,1-2H3. The molecule has 0 aromatic carbocycles. The molecule has 0 saturated carbocycles. The molecule has 0 spiro atoms.